The van der Waals surface area contributed by atoms with Gasteiger partial charge in [0.2, 0.25) is 0 Å². The molecule has 4 nitrogen and oxygen atoms in total. The van der Waals surface area contributed by atoms with Crippen LogP contribution in [0.2, 0.25) is 0 Å². The lowest BCUT2D eigenvalue weighted by Crippen LogP contribution is -1.91. The Labute approximate surface area is 69.4 Å². The van der Waals surface area contributed by atoms with E-state index < -0.39 is 0 Å². The zero-order chi connectivity index (χ0) is 8.39. The standard InChI is InChI=1S/C8H8N4/c9-8-3-1-2-6(11-8)7-4-5-10-12-7/h1-5H,(H2,9,11)(H,10,12). The van der Waals surface area contributed by atoms with Gasteiger partial charge in [-0.05, 0) is 18.2 Å². The second-order valence-corrected chi connectivity index (χ2v) is 2.42. The number of aromatic amines is 1. The van der Waals surface area contributed by atoms with Gasteiger partial charge in [-0.2, -0.15) is 5.10 Å². The molecule has 0 aliphatic rings. The summed E-state index contributed by atoms with van der Waals surface area (Å²) in [5, 5.41) is 6.64. The highest BCUT2D eigenvalue weighted by molar-refractivity contribution is 5.55. The number of anilines is 1. The van der Waals surface area contributed by atoms with E-state index in [-0.39, 0.29) is 0 Å². The summed E-state index contributed by atoms with van der Waals surface area (Å²) in [6, 6.07) is 7.34. The summed E-state index contributed by atoms with van der Waals surface area (Å²) in [5.41, 5.74) is 7.21. The van der Waals surface area contributed by atoms with E-state index in [1.807, 2.05) is 18.2 Å². The molecule has 0 bridgehead atoms. The molecule has 2 aromatic rings. The molecule has 0 unspecified atom stereocenters. The van der Waals surface area contributed by atoms with Crippen molar-refractivity contribution in [3.05, 3.63) is 30.5 Å². The van der Waals surface area contributed by atoms with Crippen LogP contribution in [0.3, 0.4) is 0 Å². The highest BCUT2D eigenvalue weighted by Gasteiger charge is 1.98. The number of hydrogen-bond donors (Lipinski definition) is 2. The smallest absolute Gasteiger partial charge is 0.124 e. The predicted molar refractivity (Wildman–Crippen MR) is 46.2 cm³/mol. The Kier molecular flexibility index (Phi) is 1.51. The molecule has 0 fully saturated rings. The van der Waals surface area contributed by atoms with E-state index in [1.54, 1.807) is 12.3 Å². The number of rotatable bonds is 1. The highest BCUT2D eigenvalue weighted by Crippen LogP contribution is 2.13. The van der Waals surface area contributed by atoms with E-state index in [4.69, 9.17) is 5.73 Å². The second kappa shape index (κ2) is 2.65. The van der Waals surface area contributed by atoms with Gasteiger partial charge in [0.1, 0.15) is 5.82 Å². The van der Waals surface area contributed by atoms with Gasteiger partial charge in [-0.1, -0.05) is 6.07 Å². The molecule has 0 amide bonds. The van der Waals surface area contributed by atoms with Crippen molar-refractivity contribution in [2.45, 2.75) is 0 Å². The molecule has 2 heterocycles. The SMILES string of the molecule is Nc1cccc(-c2ccn[nH]2)n1. The molecule has 0 atom stereocenters. The van der Waals surface area contributed by atoms with Crippen LogP contribution < -0.4 is 5.73 Å². The molecule has 0 aromatic carbocycles. The van der Waals surface area contributed by atoms with Crippen LogP contribution >= 0.6 is 0 Å². The second-order valence-electron chi connectivity index (χ2n) is 2.42. The van der Waals surface area contributed by atoms with Crippen LogP contribution in [0.15, 0.2) is 30.5 Å². The Hall–Kier alpha value is -1.84. The summed E-state index contributed by atoms with van der Waals surface area (Å²) in [7, 11) is 0. The third-order valence-electron chi connectivity index (χ3n) is 1.55. The molecule has 0 saturated heterocycles. The topological polar surface area (TPSA) is 67.6 Å². The molecule has 3 N–H and O–H groups in total. The summed E-state index contributed by atoms with van der Waals surface area (Å²) in [6.45, 7) is 0. The van der Waals surface area contributed by atoms with Crippen LogP contribution in [0, 0.1) is 0 Å². The number of nitrogens with two attached hydrogens (primary N) is 1. The van der Waals surface area contributed by atoms with Gasteiger partial charge in [0.25, 0.3) is 0 Å². The Morgan fingerprint density at radius 1 is 1.25 bits per heavy atom. The first-order valence-electron chi connectivity index (χ1n) is 3.58. The number of H-pyrrole nitrogens is 1. The van der Waals surface area contributed by atoms with Crippen molar-refractivity contribution in [2.75, 3.05) is 5.73 Å². The van der Waals surface area contributed by atoms with Crippen LogP contribution in [0.5, 0.6) is 0 Å². The van der Waals surface area contributed by atoms with Crippen LogP contribution in [-0.4, -0.2) is 15.2 Å². The molecule has 12 heavy (non-hydrogen) atoms. The van der Waals surface area contributed by atoms with E-state index in [0.29, 0.717) is 5.82 Å². The Morgan fingerprint density at radius 2 is 2.17 bits per heavy atom. The first-order valence-corrected chi connectivity index (χ1v) is 3.58. The molecule has 60 valence electrons. The minimum Gasteiger partial charge on any atom is -0.384 e. The molecule has 0 aliphatic carbocycles. The maximum Gasteiger partial charge on any atom is 0.124 e. The lowest BCUT2D eigenvalue weighted by Gasteiger charge is -1.96. The van der Waals surface area contributed by atoms with Gasteiger partial charge in [-0.25, -0.2) is 4.98 Å². The first-order chi connectivity index (χ1) is 5.86. The average molecular weight is 160 g/mol. The van der Waals surface area contributed by atoms with Gasteiger partial charge in [0, 0.05) is 6.20 Å². The minimum absolute atomic E-state index is 0.516. The van der Waals surface area contributed by atoms with E-state index in [1.165, 1.54) is 0 Å². The fourth-order valence-electron chi connectivity index (χ4n) is 1.00. The zero-order valence-electron chi connectivity index (χ0n) is 6.36. The van der Waals surface area contributed by atoms with Crippen LogP contribution in [0.25, 0.3) is 11.4 Å². The Morgan fingerprint density at radius 3 is 2.83 bits per heavy atom. The molecule has 4 heteroatoms. The molecular formula is C8H8N4. The van der Waals surface area contributed by atoms with E-state index in [9.17, 15) is 0 Å². The zero-order valence-corrected chi connectivity index (χ0v) is 6.36. The van der Waals surface area contributed by atoms with Gasteiger partial charge in [-0.3, -0.25) is 5.10 Å². The summed E-state index contributed by atoms with van der Waals surface area (Å²) in [4.78, 5) is 4.12. The summed E-state index contributed by atoms with van der Waals surface area (Å²) >= 11 is 0. The van der Waals surface area contributed by atoms with Crippen LogP contribution in [0.1, 0.15) is 0 Å². The van der Waals surface area contributed by atoms with Gasteiger partial charge in [-0.15, -0.1) is 0 Å². The highest BCUT2D eigenvalue weighted by atomic mass is 15.1. The monoisotopic (exact) mass is 160 g/mol. The number of nitrogen functional groups attached to an aromatic ring is 1. The number of hydrogen-bond acceptors (Lipinski definition) is 3. The van der Waals surface area contributed by atoms with Gasteiger partial charge < -0.3 is 5.73 Å². The maximum atomic E-state index is 5.52. The van der Waals surface area contributed by atoms with Crippen molar-refractivity contribution in [3.63, 3.8) is 0 Å². The van der Waals surface area contributed by atoms with E-state index >= 15 is 0 Å². The predicted octanol–water partition coefficient (Wildman–Crippen LogP) is 1.05. The number of aromatic nitrogens is 3. The third-order valence-corrected chi connectivity index (χ3v) is 1.55. The summed E-state index contributed by atoms with van der Waals surface area (Å²) < 4.78 is 0. The lowest BCUT2D eigenvalue weighted by atomic mass is 10.3. The fourth-order valence-corrected chi connectivity index (χ4v) is 1.00. The van der Waals surface area contributed by atoms with Crippen molar-refractivity contribution < 1.29 is 0 Å². The van der Waals surface area contributed by atoms with Crippen molar-refractivity contribution in [1.29, 1.82) is 0 Å². The lowest BCUT2D eigenvalue weighted by molar-refractivity contribution is 1.09. The quantitative estimate of drug-likeness (QED) is 0.655. The average Bonchev–Trinajstić information content (AvgIpc) is 2.56. The molecule has 0 saturated carbocycles. The summed E-state index contributed by atoms with van der Waals surface area (Å²) in [5.74, 6) is 0.516. The van der Waals surface area contributed by atoms with E-state index in [2.05, 4.69) is 15.2 Å². The molecule has 2 aromatic heterocycles. The van der Waals surface area contributed by atoms with Crippen molar-refractivity contribution in [3.8, 4) is 11.4 Å². The van der Waals surface area contributed by atoms with Gasteiger partial charge >= 0.3 is 0 Å². The van der Waals surface area contributed by atoms with Crippen molar-refractivity contribution in [2.24, 2.45) is 0 Å². The van der Waals surface area contributed by atoms with Gasteiger partial charge in [0.15, 0.2) is 0 Å². The molecule has 0 aliphatic heterocycles. The number of pyridine rings is 1. The fraction of sp³-hybridized carbons (Fsp3) is 0. The largest absolute Gasteiger partial charge is 0.384 e. The normalized spacial score (nSPS) is 10.0. The number of nitrogens with one attached hydrogen (secondary N) is 1. The Balaban J connectivity index is 2.48. The molecule has 0 radical (unpaired) electrons. The van der Waals surface area contributed by atoms with Crippen molar-refractivity contribution in [1.82, 2.24) is 15.2 Å². The van der Waals surface area contributed by atoms with Gasteiger partial charge in [0.05, 0.1) is 11.4 Å². The number of nitrogens with zero attached hydrogens (tertiary/aromatic N) is 2. The maximum absolute atomic E-state index is 5.52. The Bertz CT molecular complexity index is 366. The van der Waals surface area contributed by atoms with Crippen LogP contribution in [-0.2, 0) is 0 Å². The first kappa shape index (κ1) is 6.84. The summed E-state index contributed by atoms with van der Waals surface area (Å²) in [6.07, 6.45) is 1.68. The molecule has 2 rings (SSSR count). The third kappa shape index (κ3) is 1.14. The van der Waals surface area contributed by atoms with E-state index in [0.717, 1.165) is 11.4 Å². The molecule has 0 spiro atoms. The van der Waals surface area contributed by atoms with Crippen LogP contribution in [0.4, 0.5) is 5.82 Å². The van der Waals surface area contributed by atoms with Crippen molar-refractivity contribution >= 4 is 5.82 Å². The molecular weight excluding hydrogens is 152 g/mol. The minimum atomic E-state index is 0.516.